The number of ether oxygens (including phenoxy) is 1. The molecule has 0 aliphatic heterocycles. The first-order valence-corrected chi connectivity index (χ1v) is 8.27. The van der Waals surface area contributed by atoms with Crippen molar-refractivity contribution in [2.75, 3.05) is 25.5 Å². The third-order valence-electron chi connectivity index (χ3n) is 4.37. The summed E-state index contributed by atoms with van der Waals surface area (Å²) < 4.78 is 5.45. The molecule has 1 aromatic carbocycles. The van der Waals surface area contributed by atoms with E-state index in [0.717, 1.165) is 35.1 Å². The first kappa shape index (κ1) is 15.7. The predicted octanol–water partition coefficient (Wildman–Crippen LogP) is 3.18. The van der Waals surface area contributed by atoms with Gasteiger partial charge in [-0.25, -0.2) is 9.97 Å². The molecule has 0 bridgehead atoms. The van der Waals surface area contributed by atoms with Crippen LogP contribution in [-0.2, 0) is 0 Å². The second-order valence-electron chi connectivity index (χ2n) is 5.89. The van der Waals surface area contributed by atoms with Crippen LogP contribution >= 0.6 is 0 Å². The number of benzene rings is 1. The SMILES string of the molecule is COc1ccccc1-c1ncc(NCCN)c(C2CCCC2)n1. The summed E-state index contributed by atoms with van der Waals surface area (Å²) >= 11 is 0. The highest BCUT2D eigenvalue weighted by atomic mass is 16.5. The lowest BCUT2D eigenvalue weighted by Crippen LogP contribution is -2.16. The fourth-order valence-electron chi connectivity index (χ4n) is 3.21. The molecule has 5 nitrogen and oxygen atoms in total. The van der Waals surface area contributed by atoms with Gasteiger partial charge in [0.05, 0.1) is 30.3 Å². The van der Waals surface area contributed by atoms with Gasteiger partial charge in [-0.05, 0) is 25.0 Å². The molecule has 5 heteroatoms. The molecule has 1 aliphatic rings. The topological polar surface area (TPSA) is 73.1 Å². The lowest BCUT2D eigenvalue weighted by atomic mass is 10.0. The molecule has 122 valence electrons. The predicted molar refractivity (Wildman–Crippen MR) is 92.8 cm³/mol. The number of para-hydroxylation sites is 1. The fourth-order valence-corrected chi connectivity index (χ4v) is 3.21. The van der Waals surface area contributed by atoms with Gasteiger partial charge in [0.1, 0.15) is 5.75 Å². The molecule has 1 saturated carbocycles. The van der Waals surface area contributed by atoms with Crippen LogP contribution in [0.2, 0.25) is 0 Å². The van der Waals surface area contributed by atoms with Crippen molar-refractivity contribution in [3.63, 3.8) is 0 Å². The summed E-state index contributed by atoms with van der Waals surface area (Å²) in [6.07, 6.45) is 6.82. The van der Waals surface area contributed by atoms with Gasteiger partial charge in [0, 0.05) is 19.0 Å². The molecule has 0 unspecified atom stereocenters. The highest BCUT2D eigenvalue weighted by molar-refractivity contribution is 5.65. The van der Waals surface area contributed by atoms with Gasteiger partial charge in [-0.3, -0.25) is 0 Å². The lowest BCUT2D eigenvalue weighted by molar-refractivity contribution is 0.416. The standard InChI is InChI=1S/C18H24N4O/c1-23-16-9-5-4-8-14(16)18-21-12-15(20-11-10-19)17(22-18)13-6-2-3-7-13/h4-5,8-9,12-13,20H,2-3,6-7,10-11,19H2,1H3. The summed E-state index contributed by atoms with van der Waals surface area (Å²) in [6.45, 7) is 1.33. The molecule has 0 spiro atoms. The Morgan fingerprint density at radius 3 is 2.78 bits per heavy atom. The molecule has 1 aliphatic carbocycles. The second-order valence-corrected chi connectivity index (χ2v) is 5.89. The number of rotatable bonds is 6. The Morgan fingerprint density at radius 1 is 1.26 bits per heavy atom. The number of nitrogens with one attached hydrogen (secondary N) is 1. The van der Waals surface area contributed by atoms with Crippen LogP contribution < -0.4 is 15.8 Å². The minimum atomic E-state index is 0.506. The molecular weight excluding hydrogens is 288 g/mol. The average molecular weight is 312 g/mol. The molecule has 1 heterocycles. The molecule has 0 saturated heterocycles. The average Bonchev–Trinajstić information content (AvgIpc) is 3.14. The van der Waals surface area contributed by atoms with Crippen LogP contribution in [0.15, 0.2) is 30.5 Å². The smallest absolute Gasteiger partial charge is 0.163 e. The summed E-state index contributed by atoms with van der Waals surface area (Å²) in [6, 6.07) is 7.88. The molecule has 0 radical (unpaired) electrons. The molecule has 3 rings (SSSR count). The van der Waals surface area contributed by atoms with E-state index in [2.05, 4.69) is 10.3 Å². The lowest BCUT2D eigenvalue weighted by Gasteiger charge is -2.17. The second kappa shape index (κ2) is 7.42. The number of aromatic nitrogens is 2. The first-order chi connectivity index (χ1) is 11.3. The zero-order valence-electron chi connectivity index (χ0n) is 13.6. The van der Waals surface area contributed by atoms with E-state index in [0.29, 0.717) is 12.5 Å². The molecule has 3 N–H and O–H groups in total. The van der Waals surface area contributed by atoms with Gasteiger partial charge < -0.3 is 15.8 Å². The van der Waals surface area contributed by atoms with E-state index >= 15 is 0 Å². The molecule has 2 aromatic rings. The third kappa shape index (κ3) is 3.45. The summed E-state index contributed by atoms with van der Waals surface area (Å²) in [4.78, 5) is 9.44. The Balaban J connectivity index is 2.00. The zero-order valence-corrected chi connectivity index (χ0v) is 13.6. The highest BCUT2D eigenvalue weighted by Gasteiger charge is 2.23. The van der Waals surface area contributed by atoms with E-state index in [1.165, 1.54) is 25.7 Å². The third-order valence-corrected chi connectivity index (χ3v) is 4.37. The van der Waals surface area contributed by atoms with Gasteiger partial charge in [0.2, 0.25) is 0 Å². The highest BCUT2D eigenvalue weighted by Crippen LogP contribution is 2.38. The van der Waals surface area contributed by atoms with Gasteiger partial charge >= 0.3 is 0 Å². The Kier molecular flexibility index (Phi) is 5.08. The molecule has 1 aromatic heterocycles. The van der Waals surface area contributed by atoms with E-state index in [1.807, 2.05) is 30.5 Å². The van der Waals surface area contributed by atoms with Crippen LogP contribution in [0, 0.1) is 0 Å². The fraction of sp³-hybridized carbons (Fsp3) is 0.444. The van der Waals surface area contributed by atoms with Crippen molar-refractivity contribution in [3.05, 3.63) is 36.2 Å². The van der Waals surface area contributed by atoms with Crippen LogP contribution in [0.5, 0.6) is 5.75 Å². The van der Waals surface area contributed by atoms with E-state index < -0.39 is 0 Å². The van der Waals surface area contributed by atoms with Crippen LogP contribution in [0.1, 0.15) is 37.3 Å². The maximum Gasteiger partial charge on any atom is 0.163 e. The van der Waals surface area contributed by atoms with Crippen molar-refractivity contribution >= 4 is 5.69 Å². The first-order valence-electron chi connectivity index (χ1n) is 8.27. The van der Waals surface area contributed by atoms with Crippen LogP contribution in [0.4, 0.5) is 5.69 Å². The number of methoxy groups -OCH3 is 1. The van der Waals surface area contributed by atoms with Crippen molar-refractivity contribution in [2.45, 2.75) is 31.6 Å². The summed E-state index contributed by atoms with van der Waals surface area (Å²) in [7, 11) is 1.67. The normalized spacial score (nSPS) is 14.9. The van der Waals surface area contributed by atoms with Crippen molar-refractivity contribution < 1.29 is 4.74 Å². The van der Waals surface area contributed by atoms with Gasteiger partial charge in [-0.2, -0.15) is 0 Å². The Labute approximate surface area is 137 Å². The Hall–Kier alpha value is -2.14. The zero-order chi connectivity index (χ0) is 16.1. The number of nitrogens with zero attached hydrogens (tertiary/aromatic N) is 2. The largest absolute Gasteiger partial charge is 0.496 e. The molecule has 1 fully saturated rings. The number of hydrogen-bond donors (Lipinski definition) is 2. The quantitative estimate of drug-likeness (QED) is 0.857. The van der Waals surface area contributed by atoms with Crippen LogP contribution in [-0.4, -0.2) is 30.2 Å². The van der Waals surface area contributed by atoms with Gasteiger partial charge in [0.15, 0.2) is 5.82 Å². The number of hydrogen-bond acceptors (Lipinski definition) is 5. The van der Waals surface area contributed by atoms with E-state index in [-0.39, 0.29) is 0 Å². The monoisotopic (exact) mass is 312 g/mol. The van der Waals surface area contributed by atoms with Crippen molar-refractivity contribution in [2.24, 2.45) is 5.73 Å². The van der Waals surface area contributed by atoms with Crippen molar-refractivity contribution in [1.29, 1.82) is 0 Å². The summed E-state index contributed by atoms with van der Waals surface area (Å²) in [5, 5.41) is 3.37. The summed E-state index contributed by atoms with van der Waals surface area (Å²) in [5.74, 6) is 2.03. The minimum absolute atomic E-state index is 0.506. The number of anilines is 1. The van der Waals surface area contributed by atoms with Gasteiger partial charge in [-0.1, -0.05) is 25.0 Å². The molecule has 0 amide bonds. The van der Waals surface area contributed by atoms with Gasteiger partial charge in [-0.15, -0.1) is 0 Å². The minimum Gasteiger partial charge on any atom is -0.496 e. The van der Waals surface area contributed by atoms with Crippen LogP contribution in [0.25, 0.3) is 11.4 Å². The maximum absolute atomic E-state index is 5.62. The molecular formula is C18H24N4O. The Bertz CT molecular complexity index is 653. The van der Waals surface area contributed by atoms with Crippen molar-refractivity contribution in [1.82, 2.24) is 9.97 Å². The Morgan fingerprint density at radius 2 is 2.04 bits per heavy atom. The summed E-state index contributed by atoms with van der Waals surface area (Å²) in [5.41, 5.74) is 8.68. The maximum atomic E-state index is 5.62. The number of nitrogens with two attached hydrogens (primary N) is 1. The van der Waals surface area contributed by atoms with Crippen molar-refractivity contribution in [3.8, 4) is 17.1 Å². The van der Waals surface area contributed by atoms with E-state index in [1.54, 1.807) is 7.11 Å². The van der Waals surface area contributed by atoms with Gasteiger partial charge in [0.25, 0.3) is 0 Å². The van der Waals surface area contributed by atoms with Crippen LogP contribution in [0.3, 0.4) is 0 Å². The molecule has 23 heavy (non-hydrogen) atoms. The van der Waals surface area contributed by atoms with E-state index in [4.69, 9.17) is 15.5 Å². The van der Waals surface area contributed by atoms with E-state index in [9.17, 15) is 0 Å². The molecule has 0 atom stereocenters.